The quantitative estimate of drug-likeness (QED) is 0.649. The van der Waals surface area contributed by atoms with Crippen LogP contribution in [0.1, 0.15) is 17.0 Å². The van der Waals surface area contributed by atoms with Crippen molar-refractivity contribution in [2.75, 3.05) is 11.1 Å². The Hall–Kier alpha value is -2.06. The van der Waals surface area contributed by atoms with Crippen molar-refractivity contribution in [3.63, 3.8) is 0 Å². The molecular weight excluding hydrogens is 404 g/mol. The van der Waals surface area contributed by atoms with Gasteiger partial charge in [0.2, 0.25) is 5.91 Å². The molecule has 0 radical (unpaired) electrons. The first-order valence-corrected chi connectivity index (χ1v) is 9.58. The van der Waals surface area contributed by atoms with Crippen molar-refractivity contribution in [2.45, 2.75) is 19.6 Å². The first-order chi connectivity index (χ1) is 12.0. The Morgan fingerprint density at radius 1 is 1.36 bits per heavy atom. The number of benzene rings is 1. The summed E-state index contributed by atoms with van der Waals surface area (Å²) in [5, 5.41) is 11.1. The molecule has 0 fully saturated rings. The number of hydrogen-bond donors (Lipinski definition) is 1. The van der Waals surface area contributed by atoms with Crippen molar-refractivity contribution in [3.8, 4) is 5.69 Å². The van der Waals surface area contributed by atoms with E-state index >= 15 is 0 Å². The van der Waals surface area contributed by atoms with Crippen LogP contribution in [0.2, 0.25) is 0 Å². The highest BCUT2D eigenvalue weighted by atomic mass is 79.9. The number of halogens is 1. The fourth-order valence-electron chi connectivity index (χ4n) is 2.35. The second-order valence-electron chi connectivity index (χ2n) is 5.46. The lowest BCUT2D eigenvalue weighted by atomic mass is 10.2. The summed E-state index contributed by atoms with van der Waals surface area (Å²) in [5.74, 6) is 1.79. The van der Waals surface area contributed by atoms with Crippen LogP contribution in [-0.4, -0.2) is 26.6 Å². The van der Waals surface area contributed by atoms with Gasteiger partial charge in [-0.05, 0) is 41.9 Å². The molecule has 0 aliphatic heterocycles. The number of nitrogens with zero attached hydrogens (tertiary/aromatic N) is 3. The third kappa shape index (κ3) is 4.32. The number of rotatable bonds is 6. The van der Waals surface area contributed by atoms with E-state index in [1.165, 1.54) is 11.8 Å². The number of para-hydroxylation sites is 2. The molecule has 3 rings (SSSR count). The van der Waals surface area contributed by atoms with E-state index in [-0.39, 0.29) is 5.91 Å². The van der Waals surface area contributed by atoms with Crippen molar-refractivity contribution in [1.29, 1.82) is 0 Å². The summed E-state index contributed by atoms with van der Waals surface area (Å²) in [6.45, 7) is 3.79. The topological polar surface area (TPSA) is 73.0 Å². The first kappa shape index (κ1) is 17.8. The van der Waals surface area contributed by atoms with Crippen LogP contribution >= 0.6 is 27.7 Å². The van der Waals surface area contributed by atoms with Crippen LogP contribution in [0, 0.1) is 13.8 Å². The van der Waals surface area contributed by atoms with Crippen LogP contribution in [-0.2, 0) is 10.5 Å². The Morgan fingerprint density at radius 2 is 2.16 bits per heavy atom. The van der Waals surface area contributed by atoms with E-state index in [0.29, 0.717) is 11.5 Å². The highest BCUT2D eigenvalue weighted by Crippen LogP contribution is 2.22. The maximum Gasteiger partial charge on any atom is 0.234 e. The summed E-state index contributed by atoms with van der Waals surface area (Å²) in [7, 11) is 0. The van der Waals surface area contributed by atoms with E-state index in [1.807, 2.05) is 44.3 Å². The molecule has 2 aromatic heterocycles. The van der Waals surface area contributed by atoms with E-state index in [2.05, 4.69) is 31.5 Å². The maximum absolute atomic E-state index is 12.3. The van der Waals surface area contributed by atoms with Gasteiger partial charge in [-0.2, -0.15) is 5.10 Å². The molecule has 0 atom stereocenters. The maximum atomic E-state index is 12.3. The monoisotopic (exact) mass is 420 g/mol. The first-order valence-electron chi connectivity index (χ1n) is 7.63. The van der Waals surface area contributed by atoms with Crippen LogP contribution in [0.15, 0.2) is 45.7 Å². The lowest BCUT2D eigenvalue weighted by Gasteiger charge is -2.11. The van der Waals surface area contributed by atoms with E-state index in [9.17, 15) is 4.79 Å². The van der Waals surface area contributed by atoms with Gasteiger partial charge in [0.15, 0.2) is 0 Å². The van der Waals surface area contributed by atoms with Gasteiger partial charge in [0, 0.05) is 17.5 Å². The van der Waals surface area contributed by atoms with Crippen LogP contribution in [0.5, 0.6) is 0 Å². The zero-order valence-electron chi connectivity index (χ0n) is 13.8. The summed E-state index contributed by atoms with van der Waals surface area (Å²) in [5.41, 5.74) is 3.47. The number of carbonyl (C=O) groups excluding carboxylic acids is 1. The van der Waals surface area contributed by atoms with Gasteiger partial charge in [0.25, 0.3) is 0 Å². The van der Waals surface area contributed by atoms with Crippen LogP contribution < -0.4 is 5.32 Å². The summed E-state index contributed by atoms with van der Waals surface area (Å²) < 4.78 is 7.74. The molecular formula is C17H17BrN4O2S. The van der Waals surface area contributed by atoms with Crippen molar-refractivity contribution in [1.82, 2.24) is 14.9 Å². The number of nitrogens with one attached hydrogen (secondary N) is 1. The molecule has 0 unspecified atom stereocenters. The summed E-state index contributed by atoms with van der Waals surface area (Å²) in [4.78, 5) is 12.3. The predicted octanol–water partition coefficient (Wildman–Crippen LogP) is 4.11. The minimum atomic E-state index is -0.0598. The van der Waals surface area contributed by atoms with Crippen molar-refractivity contribution >= 4 is 39.3 Å². The van der Waals surface area contributed by atoms with Gasteiger partial charge in [-0.25, -0.2) is 4.68 Å². The molecule has 0 spiro atoms. The molecule has 6 nitrogen and oxygen atoms in total. The number of aromatic nitrogens is 3. The largest absolute Gasteiger partial charge is 0.361 e. The molecule has 25 heavy (non-hydrogen) atoms. The number of amides is 1. The fraction of sp³-hybridized carbons (Fsp3) is 0.235. The van der Waals surface area contributed by atoms with Gasteiger partial charge in [-0.1, -0.05) is 17.3 Å². The Balaban J connectivity index is 1.62. The second-order valence-corrected chi connectivity index (χ2v) is 7.37. The van der Waals surface area contributed by atoms with Gasteiger partial charge in [0.05, 0.1) is 33.5 Å². The molecule has 8 heteroatoms. The predicted molar refractivity (Wildman–Crippen MR) is 102 cm³/mol. The van der Waals surface area contributed by atoms with Gasteiger partial charge in [0.1, 0.15) is 5.76 Å². The molecule has 1 amide bonds. The average molecular weight is 421 g/mol. The Labute approximate surface area is 158 Å². The Kier molecular flexibility index (Phi) is 5.60. The minimum Gasteiger partial charge on any atom is -0.361 e. The summed E-state index contributed by atoms with van der Waals surface area (Å²) in [6.07, 6.45) is 3.55. The van der Waals surface area contributed by atoms with Crippen LogP contribution in [0.4, 0.5) is 5.69 Å². The smallest absolute Gasteiger partial charge is 0.234 e. The third-order valence-corrected chi connectivity index (χ3v) is 5.01. The lowest BCUT2D eigenvalue weighted by molar-refractivity contribution is -0.113. The zero-order chi connectivity index (χ0) is 17.8. The summed E-state index contributed by atoms with van der Waals surface area (Å²) in [6, 6.07) is 7.56. The molecule has 0 saturated heterocycles. The molecule has 2 heterocycles. The molecule has 1 N–H and O–H groups in total. The minimum absolute atomic E-state index is 0.0598. The van der Waals surface area contributed by atoms with Crippen molar-refractivity contribution < 1.29 is 9.32 Å². The molecule has 1 aromatic carbocycles. The van der Waals surface area contributed by atoms with Gasteiger partial charge in [-0.15, -0.1) is 11.8 Å². The van der Waals surface area contributed by atoms with Gasteiger partial charge >= 0.3 is 0 Å². The standard InChI is InChI=1S/C17H17BrN4O2S/c1-11-14(12(2)24-21-11)9-25-10-17(23)20-15-5-3-4-6-16(15)22-8-13(18)7-19-22/h3-8H,9-10H2,1-2H3,(H,20,23). The number of hydrogen-bond acceptors (Lipinski definition) is 5. The lowest BCUT2D eigenvalue weighted by Crippen LogP contribution is -2.16. The number of anilines is 1. The fourth-order valence-corrected chi connectivity index (χ4v) is 3.61. The number of aryl methyl sites for hydroxylation is 2. The molecule has 0 bridgehead atoms. The van der Waals surface area contributed by atoms with Gasteiger partial charge in [-0.3, -0.25) is 4.79 Å². The second kappa shape index (κ2) is 7.88. The Morgan fingerprint density at radius 3 is 2.84 bits per heavy atom. The summed E-state index contributed by atoms with van der Waals surface area (Å²) >= 11 is 4.91. The molecule has 130 valence electrons. The highest BCUT2D eigenvalue weighted by Gasteiger charge is 2.12. The van der Waals surface area contributed by atoms with Gasteiger partial charge < -0.3 is 9.84 Å². The normalized spacial score (nSPS) is 10.8. The molecule has 0 aliphatic rings. The van der Waals surface area contributed by atoms with E-state index < -0.39 is 0 Å². The number of thioether (sulfide) groups is 1. The molecule has 0 aliphatic carbocycles. The van der Waals surface area contributed by atoms with E-state index in [0.717, 1.165) is 32.9 Å². The third-order valence-electron chi connectivity index (χ3n) is 3.64. The van der Waals surface area contributed by atoms with Crippen molar-refractivity contribution in [2.24, 2.45) is 0 Å². The Bertz CT molecular complexity index is 871. The molecule has 0 saturated carbocycles. The van der Waals surface area contributed by atoms with E-state index in [1.54, 1.807) is 10.9 Å². The van der Waals surface area contributed by atoms with Crippen LogP contribution in [0.25, 0.3) is 5.69 Å². The molecule has 3 aromatic rings. The highest BCUT2D eigenvalue weighted by molar-refractivity contribution is 9.10. The number of carbonyl (C=O) groups is 1. The van der Waals surface area contributed by atoms with Crippen molar-refractivity contribution in [3.05, 3.63) is 58.1 Å². The van der Waals surface area contributed by atoms with Crippen LogP contribution in [0.3, 0.4) is 0 Å². The zero-order valence-corrected chi connectivity index (χ0v) is 16.2. The SMILES string of the molecule is Cc1noc(C)c1CSCC(=O)Nc1ccccc1-n1cc(Br)cn1. The van der Waals surface area contributed by atoms with E-state index in [4.69, 9.17) is 4.52 Å². The average Bonchev–Trinajstić information content (AvgIpc) is 3.15.